The fourth-order valence-corrected chi connectivity index (χ4v) is 2.88. The molecule has 2 aromatic rings. The van der Waals surface area contributed by atoms with Crippen LogP contribution in [0.3, 0.4) is 0 Å². The number of hydrogen-bond acceptors (Lipinski definition) is 4. The van der Waals surface area contributed by atoms with Gasteiger partial charge in [0.15, 0.2) is 11.5 Å². The number of hydrogen-bond donors (Lipinski definition) is 0. The molecule has 6 nitrogen and oxygen atoms in total. The predicted molar refractivity (Wildman–Crippen MR) is 89.7 cm³/mol. The lowest BCUT2D eigenvalue weighted by Crippen LogP contribution is -2.39. The minimum atomic E-state index is -0.348. The molecule has 0 radical (unpaired) electrons. The van der Waals surface area contributed by atoms with Crippen LogP contribution in [-0.4, -0.2) is 53.5 Å². The molecule has 3 rings (SSSR count). The van der Waals surface area contributed by atoms with Crippen LogP contribution in [0.5, 0.6) is 0 Å². The van der Waals surface area contributed by atoms with Gasteiger partial charge in [0.2, 0.25) is 5.91 Å². The van der Waals surface area contributed by atoms with Crippen molar-refractivity contribution in [3.8, 4) is 11.3 Å². The van der Waals surface area contributed by atoms with Gasteiger partial charge in [-0.1, -0.05) is 28.9 Å². The summed E-state index contributed by atoms with van der Waals surface area (Å²) in [5.41, 5.74) is 0.909. The van der Waals surface area contributed by atoms with Crippen LogP contribution in [0.4, 0.5) is 0 Å². The van der Waals surface area contributed by atoms with E-state index in [0.717, 1.165) is 31.5 Å². The first-order chi connectivity index (χ1) is 11.5. The number of amides is 2. The van der Waals surface area contributed by atoms with E-state index in [1.165, 1.54) is 4.90 Å². The zero-order chi connectivity index (χ0) is 17.1. The molecule has 1 aromatic heterocycles. The molecule has 2 heterocycles. The van der Waals surface area contributed by atoms with Crippen LogP contribution in [-0.2, 0) is 4.79 Å². The molecule has 1 aromatic carbocycles. The summed E-state index contributed by atoms with van der Waals surface area (Å²) in [4.78, 5) is 27.7. The lowest BCUT2D eigenvalue weighted by molar-refractivity contribution is -0.130. The first-order valence-corrected chi connectivity index (χ1v) is 8.18. The number of halogens is 1. The van der Waals surface area contributed by atoms with Gasteiger partial charge in [0.1, 0.15) is 0 Å². The highest BCUT2D eigenvalue weighted by atomic mass is 35.5. The van der Waals surface area contributed by atoms with E-state index in [1.54, 1.807) is 36.2 Å². The number of likely N-dealkylation sites (tertiary alicyclic amines) is 1. The normalized spacial score (nSPS) is 14.0. The van der Waals surface area contributed by atoms with Gasteiger partial charge in [-0.05, 0) is 25.0 Å². The highest BCUT2D eigenvalue weighted by molar-refractivity contribution is 6.30. The second-order valence-electron chi connectivity index (χ2n) is 5.84. The maximum absolute atomic E-state index is 12.4. The maximum Gasteiger partial charge on any atom is 0.276 e. The molecule has 2 amide bonds. The Morgan fingerprint density at radius 3 is 2.75 bits per heavy atom. The van der Waals surface area contributed by atoms with Gasteiger partial charge in [0, 0.05) is 36.8 Å². The second-order valence-corrected chi connectivity index (χ2v) is 6.27. The van der Waals surface area contributed by atoms with Gasteiger partial charge in [0.05, 0.1) is 6.54 Å². The van der Waals surface area contributed by atoms with Crippen LogP contribution < -0.4 is 0 Å². The second kappa shape index (κ2) is 7.05. The number of aromatic nitrogens is 1. The Kier molecular flexibility index (Phi) is 4.85. The van der Waals surface area contributed by atoms with E-state index in [9.17, 15) is 9.59 Å². The molecule has 1 fully saturated rings. The third-order valence-electron chi connectivity index (χ3n) is 4.02. The third-order valence-corrected chi connectivity index (χ3v) is 4.25. The van der Waals surface area contributed by atoms with Crippen LogP contribution in [0.2, 0.25) is 5.02 Å². The molecule has 0 bridgehead atoms. The number of benzene rings is 1. The summed E-state index contributed by atoms with van der Waals surface area (Å²) in [5, 5.41) is 4.39. The number of carbonyl (C=O) groups is 2. The summed E-state index contributed by atoms with van der Waals surface area (Å²) in [6.45, 7) is 1.58. The van der Waals surface area contributed by atoms with E-state index in [4.69, 9.17) is 16.1 Å². The van der Waals surface area contributed by atoms with Gasteiger partial charge in [-0.25, -0.2) is 0 Å². The minimum Gasteiger partial charge on any atom is -0.355 e. The molecule has 0 saturated carbocycles. The molecular formula is C17H18ClN3O3. The van der Waals surface area contributed by atoms with Crippen LogP contribution in [0.25, 0.3) is 11.3 Å². The van der Waals surface area contributed by atoms with Crippen molar-refractivity contribution in [3.63, 3.8) is 0 Å². The Morgan fingerprint density at radius 2 is 2.04 bits per heavy atom. The first-order valence-electron chi connectivity index (χ1n) is 7.80. The molecular weight excluding hydrogens is 330 g/mol. The number of likely N-dealkylation sites (N-methyl/N-ethyl adjacent to an activating group) is 1. The lowest BCUT2D eigenvalue weighted by atomic mass is 10.1. The van der Waals surface area contributed by atoms with E-state index < -0.39 is 0 Å². The molecule has 1 saturated heterocycles. The Morgan fingerprint density at radius 1 is 1.29 bits per heavy atom. The molecule has 1 aliphatic rings. The smallest absolute Gasteiger partial charge is 0.276 e. The molecule has 0 unspecified atom stereocenters. The van der Waals surface area contributed by atoms with Crippen LogP contribution in [0, 0.1) is 0 Å². The molecule has 0 atom stereocenters. The molecule has 0 N–H and O–H groups in total. The summed E-state index contributed by atoms with van der Waals surface area (Å²) in [6.07, 6.45) is 2.05. The summed E-state index contributed by atoms with van der Waals surface area (Å²) in [5.74, 6) is 0.0709. The zero-order valence-electron chi connectivity index (χ0n) is 13.4. The molecule has 1 aliphatic heterocycles. The minimum absolute atomic E-state index is 0.0399. The molecule has 126 valence electrons. The predicted octanol–water partition coefficient (Wildman–Crippen LogP) is 2.69. The molecule has 7 heteroatoms. The fourth-order valence-electron chi connectivity index (χ4n) is 2.69. The van der Waals surface area contributed by atoms with E-state index in [1.807, 2.05) is 6.07 Å². The number of rotatable bonds is 4. The Bertz CT molecular complexity index is 753. The summed E-state index contributed by atoms with van der Waals surface area (Å²) in [7, 11) is 1.59. The number of carbonyl (C=O) groups excluding carboxylic acids is 2. The molecule has 0 aliphatic carbocycles. The maximum atomic E-state index is 12.4. The van der Waals surface area contributed by atoms with Crippen molar-refractivity contribution in [2.45, 2.75) is 12.8 Å². The van der Waals surface area contributed by atoms with Crippen molar-refractivity contribution in [1.82, 2.24) is 15.0 Å². The quantitative estimate of drug-likeness (QED) is 0.852. The Balaban J connectivity index is 1.67. The van der Waals surface area contributed by atoms with E-state index in [0.29, 0.717) is 10.8 Å². The number of nitrogens with zero attached hydrogens (tertiary/aromatic N) is 3. The SMILES string of the molecule is CN(CC(=O)N1CCCC1)C(=O)c1cc(-c2cccc(Cl)c2)on1. The summed E-state index contributed by atoms with van der Waals surface area (Å²) < 4.78 is 5.23. The van der Waals surface area contributed by atoms with Crippen molar-refractivity contribution in [1.29, 1.82) is 0 Å². The molecule has 0 spiro atoms. The van der Waals surface area contributed by atoms with Crippen molar-refractivity contribution < 1.29 is 14.1 Å². The Hall–Kier alpha value is -2.34. The van der Waals surface area contributed by atoms with Gasteiger partial charge in [-0.3, -0.25) is 9.59 Å². The van der Waals surface area contributed by atoms with Gasteiger partial charge < -0.3 is 14.3 Å². The first kappa shape index (κ1) is 16.5. The highest BCUT2D eigenvalue weighted by Crippen LogP contribution is 2.23. The van der Waals surface area contributed by atoms with Gasteiger partial charge >= 0.3 is 0 Å². The fraction of sp³-hybridized carbons (Fsp3) is 0.353. The van der Waals surface area contributed by atoms with Crippen molar-refractivity contribution >= 4 is 23.4 Å². The van der Waals surface area contributed by atoms with E-state index >= 15 is 0 Å². The largest absolute Gasteiger partial charge is 0.355 e. The van der Waals surface area contributed by atoms with Crippen LogP contribution in [0.15, 0.2) is 34.9 Å². The summed E-state index contributed by atoms with van der Waals surface area (Å²) >= 11 is 5.95. The standard InChI is InChI=1S/C17H18ClN3O3/c1-20(11-16(22)21-7-2-3-8-21)17(23)14-10-15(24-19-14)12-5-4-6-13(18)9-12/h4-6,9-10H,2-3,7-8,11H2,1H3. The average molecular weight is 348 g/mol. The van der Waals surface area contributed by atoms with Gasteiger partial charge in [-0.15, -0.1) is 0 Å². The van der Waals surface area contributed by atoms with Gasteiger partial charge in [-0.2, -0.15) is 0 Å². The Labute approximate surface area is 145 Å². The van der Waals surface area contributed by atoms with Gasteiger partial charge in [0.25, 0.3) is 5.91 Å². The van der Waals surface area contributed by atoms with Crippen LogP contribution in [0.1, 0.15) is 23.3 Å². The third kappa shape index (κ3) is 3.59. The molecule has 24 heavy (non-hydrogen) atoms. The monoisotopic (exact) mass is 347 g/mol. The van der Waals surface area contributed by atoms with Crippen molar-refractivity contribution in [2.24, 2.45) is 0 Å². The topological polar surface area (TPSA) is 66.7 Å². The summed E-state index contributed by atoms with van der Waals surface area (Å²) in [6, 6.07) is 8.66. The van der Waals surface area contributed by atoms with E-state index in [-0.39, 0.29) is 24.1 Å². The average Bonchev–Trinajstić information content (AvgIpc) is 3.25. The zero-order valence-corrected chi connectivity index (χ0v) is 14.1. The van der Waals surface area contributed by atoms with E-state index in [2.05, 4.69) is 5.16 Å². The highest BCUT2D eigenvalue weighted by Gasteiger charge is 2.23. The van der Waals surface area contributed by atoms with Crippen molar-refractivity contribution in [2.75, 3.05) is 26.7 Å². The van der Waals surface area contributed by atoms with Crippen molar-refractivity contribution in [3.05, 3.63) is 41.0 Å². The lowest BCUT2D eigenvalue weighted by Gasteiger charge is -2.20. The van der Waals surface area contributed by atoms with Crippen LogP contribution >= 0.6 is 11.6 Å².